The van der Waals surface area contributed by atoms with E-state index >= 15 is 0 Å². The number of piperidine rings is 1. The average Bonchev–Trinajstić information content (AvgIpc) is 2.61. The van der Waals surface area contributed by atoms with Crippen molar-refractivity contribution in [3.05, 3.63) is 28.8 Å². The highest BCUT2D eigenvalue weighted by Crippen LogP contribution is 2.29. The topological polar surface area (TPSA) is 66.9 Å². The molecule has 28 heavy (non-hydrogen) atoms. The summed E-state index contributed by atoms with van der Waals surface area (Å²) < 4.78 is 33.2. The average molecular weight is 411 g/mol. The number of carbonyl (C=O) groups is 1. The molecular formula is C21H34N2O4S. The van der Waals surface area contributed by atoms with Gasteiger partial charge in [0.25, 0.3) is 0 Å². The predicted molar refractivity (Wildman–Crippen MR) is 111 cm³/mol. The minimum atomic E-state index is -3.55. The number of likely N-dealkylation sites (N-methyl/N-ethyl adjacent to an activating group) is 1. The fourth-order valence-corrected chi connectivity index (χ4v) is 6.18. The number of sulfonamides is 1. The molecule has 1 amide bonds. The summed E-state index contributed by atoms with van der Waals surface area (Å²) in [5.74, 6) is -0.0299. The molecule has 158 valence electrons. The molecule has 1 heterocycles. The molecular weight excluding hydrogens is 376 g/mol. The minimum absolute atomic E-state index is 0.0159. The lowest BCUT2D eigenvalue weighted by Crippen LogP contribution is -2.48. The van der Waals surface area contributed by atoms with Gasteiger partial charge in [0.15, 0.2) is 0 Å². The molecule has 1 atom stereocenters. The molecule has 1 aromatic rings. The predicted octanol–water partition coefficient (Wildman–Crippen LogP) is 2.90. The molecule has 1 aliphatic rings. The van der Waals surface area contributed by atoms with E-state index in [4.69, 9.17) is 4.74 Å². The molecule has 0 radical (unpaired) electrons. The maximum atomic E-state index is 13.2. The molecule has 7 heteroatoms. The van der Waals surface area contributed by atoms with Crippen LogP contribution in [0.4, 0.5) is 0 Å². The Kier molecular flexibility index (Phi) is 7.65. The molecule has 0 bridgehead atoms. The van der Waals surface area contributed by atoms with Gasteiger partial charge in [0.05, 0.1) is 17.5 Å². The molecule has 1 aliphatic heterocycles. The van der Waals surface area contributed by atoms with Crippen LogP contribution in [0.5, 0.6) is 0 Å². The summed E-state index contributed by atoms with van der Waals surface area (Å²) >= 11 is 0. The van der Waals surface area contributed by atoms with Crippen molar-refractivity contribution in [2.75, 3.05) is 33.4 Å². The van der Waals surface area contributed by atoms with Crippen LogP contribution in [0, 0.1) is 26.7 Å². The van der Waals surface area contributed by atoms with Crippen molar-refractivity contribution >= 4 is 15.9 Å². The Bertz CT molecular complexity index is 776. The molecule has 0 aromatic heterocycles. The van der Waals surface area contributed by atoms with E-state index in [1.807, 2.05) is 51.7 Å². The zero-order valence-corrected chi connectivity index (χ0v) is 18.8. The maximum Gasteiger partial charge on any atom is 0.243 e. The molecule has 1 aromatic carbocycles. The Labute approximate surface area is 169 Å². The van der Waals surface area contributed by atoms with E-state index in [0.717, 1.165) is 16.7 Å². The number of nitrogens with zero attached hydrogens (tertiary/aromatic N) is 2. The Morgan fingerprint density at radius 3 is 2.21 bits per heavy atom. The van der Waals surface area contributed by atoms with Crippen LogP contribution >= 0.6 is 0 Å². The van der Waals surface area contributed by atoms with E-state index in [1.165, 1.54) is 4.31 Å². The first kappa shape index (κ1) is 22.8. The molecule has 2 rings (SSSR count). The van der Waals surface area contributed by atoms with Crippen LogP contribution in [0.1, 0.15) is 43.4 Å². The van der Waals surface area contributed by atoms with Crippen molar-refractivity contribution in [3.63, 3.8) is 0 Å². The number of aryl methyl sites for hydroxylation is 3. The van der Waals surface area contributed by atoms with Gasteiger partial charge in [-0.1, -0.05) is 17.7 Å². The Morgan fingerprint density at radius 1 is 1.21 bits per heavy atom. The molecule has 0 saturated carbocycles. The Hall–Kier alpha value is -1.44. The molecule has 0 spiro atoms. The molecule has 0 unspecified atom stereocenters. The van der Waals surface area contributed by atoms with Crippen LogP contribution in [0.3, 0.4) is 0 Å². The van der Waals surface area contributed by atoms with E-state index < -0.39 is 10.0 Å². The van der Waals surface area contributed by atoms with Crippen molar-refractivity contribution < 1.29 is 17.9 Å². The highest BCUT2D eigenvalue weighted by atomic mass is 32.2. The van der Waals surface area contributed by atoms with Crippen LogP contribution in [-0.4, -0.2) is 62.9 Å². The van der Waals surface area contributed by atoms with Crippen molar-refractivity contribution in [1.29, 1.82) is 0 Å². The third kappa shape index (κ3) is 4.75. The molecule has 1 saturated heterocycles. The number of hydrogen-bond acceptors (Lipinski definition) is 4. The summed E-state index contributed by atoms with van der Waals surface area (Å²) in [6.45, 7) is 11.5. The van der Waals surface area contributed by atoms with Crippen LogP contribution in [0.25, 0.3) is 0 Å². The van der Waals surface area contributed by atoms with Crippen LogP contribution < -0.4 is 0 Å². The van der Waals surface area contributed by atoms with Crippen molar-refractivity contribution in [3.8, 4) is 0 Å². The van der Waals surface area contributed by atoms with Gasteiger partial charge in [-0.2, -0.15) is 4.31 Å². The summed E-state index contributed by atoms with van der Waals surface area (Å²) in [7, 11) is -1.92. The monoisotopic (exact) mass is 410 g/mol. The third-order valence-electron chi connectivity index (χ3n) is 5.57. The van der Waals surface area contributed by atoms with E-state index in [1.54, 1.807) is 7.11 Å². The summed E-state index contributed by atoms with van der Waals surface area (Å²) in [6.07, 6.45) is 1.11. The highest BCUT2D eigenvalue weighted by Gasteiger charge is 2.35. The summed E-state index contributed by atoms with van der Waals surface area (Å²) in [4.78, 5) is 15.2. The fraction of sp³-hybridized carbons (Fsp3) is 0.667. The summed E-state index contributed by atoms with van der Waals surface area (Å²) in [5.41, 5.74) is 2.62. The lowest BCUT2D eigenvalue weighted by atomic mass is 9.96. The second-order valence-electron chi connectivity index (χ2n) is 7.83. The molecule has 6 nitrogen and oxygen atoms in total. The van der Waals surface area contributed by atoms with E-state index in [2.05, 4.69) is 0 Å². The smallest absolute Gasteiger partial charge is 0.243 e. The van der Waals surface area contributed by atoms with Gasteiger partial charge in [0.1, 0.15) is 0 Å². The number of amides is 1. The van der Waals surface area contributed by atoms with Crippen molar-refractivity contribution in [2.24, 2.45) is 5.92 Å². The SMILES string of the molecule is CCN(C(=O)C1CCN(S(=O)(=O)c2c(C)cc(C)cc2C)CC1)[C@@H](C)COC. The minimum Gasteiger partial charge on any atom is -0.383 e. The fourth-order valence-electron chi connectivity index (χ4n) is 4.30. The molecule has 1 fully saturated rings. The van der Waals surface area contributed by atoms with Crippen molar-refractivity contribution in [2.45, 2.75) is 58.4 Å². The van der Waals surface area contributed by atoms with Crippen LogP contribution in [0.2, 0.25) is 0 Å². The third-order valence-corrected chi connectivity index (χ3v) is 7.77. The second kappa shape index (κ2) is 9.37. The Balaban J connectivity index is 2.12. The van der Waals surface area contributed by atoms with E-state index in [0.29, 0.717) is 44.0 Å². The van der Waals surface area contributed by atoms with E-state index in [9.17, 15) is 13.2 Å². The summed E-state index contributed by atoms with van der Waals surface area (Å²) in [6, 6.07) is 3.83. The van der Waals surface area contributed by atoms with Gasteiger partial charge < -0.3 is 9.64 Å². The van der Waals surface area contributed by atoms with Crippen molar-refractivity contribution in [1.82, 2.24) is 9.21 Å². The number of ether oxygens (including phenoxy) is 1. The summed E-state index contributed by atoms with van der Waals surface area (Å²) in [5, 5.41) is 0. The maximum absolute atomic E-state index is 13.2. The lowest BCUT2D eigenvalue weighted by Gasteiger charge is -2.36. The number of hydrogen-bond donors (Lipinski definition) is 0. The normalized spacial score (nSPS) is 17.5. The van der Waals surface area contributed by atoms with Gasteiger partial charge in [0, 0.05) is 32.7 Å². The Morgan fingerprint density at radius 2 is 1.75 bits per heavy atom. The number of carbonyl (C=O) groups excluding carboxylic acids is 1. The largest absolute Gasteiger partial charge is 0.383 e. The van der Waals surface area contributed by atoms with E-state index in [-0.39, 0.29) is 17.9 Å². The zero-order chi connectivity index (χ0) is 21.1. The van der Waals surface area contributed by atoms with Crippen LogP contribution in [-0.2, 0) is 19.6 Å². The molecule has 0 aliphatic carbocycles. The first-order valence-electron chi connectivity index (χ1n) is 10.0. The highest BCUT2D eigenvalue weighted by molar-refractivity contribution is 7.89. The second-order valence-corrected chi connectivity index (χ2v) is 9.71. The van der Waals surface area contributed by atoms with Crippen LogP contribution in [0.15, 0.2) is 17.0 Å². The van der Waals surface area contributed by atoms with Gasteiger partial charge in [0.2, 0.25) is 15.9 Å². The van der Waals surface area contributed by atoms with Gasteiger partial charge in [-0.3, -0.25) is 4.79 Å². The first-order chi connectivity index (χ1) is 13.1. The lowest BCUT2D eigenvalue weighted by molar-refractivity contribution is -0.139. The molecule has 0 N–H and O–H groups in total. The van der Waals surface area contributed by atoms with Gasteiger partial charge in [-0.15, -0.1) is 0 Å². The number of benzene rings is 1. The first-order valence-corrected chi connectivity index (χ1v) is 11.4. The quantitative estimate of drug-likeness (QED) is 0.693. The van der Waals surface area contributed by atoms with Gasteiger partial charge in [-0.25, -0.2) is 8.42 Å². The van der Waals surface area contributed by atoms with Gasteiger partial charge >= 0.3 is 0 Å². The zero-order valence-electron chi connectivity index (χ0n) is 18.0. The standard InChI is InChI=1S/C21H34N2O4S/c1-7-23(18(5)14-27-6)21(24)19-8-10-22(11-9-19)28(25,26)20-16(3)12-15(2)13-17(20)4/h12-13,18-19H,7-11,14H2,1-6H3/t18-/m0/s1. The number of methoxy groups -OCH3 is 1. The van der Waals surface area contributed by atoms with Gasteiger partial charge in [-0.05, 0) is 58.6 Å². The number of rotatable bonds is 7.